The second-order valence-electron chi connectivity index (χ2n) is 8.53. The Morgan fingerprint density at radius 3 is 2.45 bits per heavy atom. The van der Waals surface area contributed by atoms with Gasteiger partial charge in [-0.2, -0.15) is 0 Å². The number of aromatic nitrogens is 1. The van der Waals surface area contributed by atoms with Crippen molar-refractivity contribution in [1.29, 1.82) is 5.41 Å². The average molecular weight is 420 g/mol. The summed E-state index contributed by atoms with van der Waals surface area (Å²) in [6.45, 7) is 11.8. The molecule has 0 amide bonds. The lowest BCUT2D eigenvalue weighted by molar-refractivity contribution is 0.421. The summed E-state index contributed by atoms with van der Waals surface area (Å²) in [6.07, 6.45) is 16.6. The molecule has 1 aromatic carbocycles. The number of unbranched alkanes of at least 4 members (excludes halogenated alkanes) is 1. The van der Waals surface area contributed by atoms with Crippen molar-refractivity contribution in [1.82, 2.24) is 9.88 Å². The Morgan fingerprint density at radius 2 is 1.84 bits per heavy atom. The van der Waals surface area contributed by atoms with E-state index in [1.807, 2.05) is 0 Å². The molecule has 2 unspecified atom stereocenters. The van der Waals surface area contributed by atoms with E-state index in [1.54, 1.807) is 0 Å². The van der Waals surface area contributed by atoms with Crippen LogP contribution in [0.1, 0.15) is 77.8 Å². The van der Waals surface area contributed by atoms with Gasteiger partial charge in [-0.05, 0) is 55.0 Å². The monoisotopic (exact) mass is 419 g/mol. The number of nitrogens with one attached hydrogen (secondary N) is 2. The number of hydrogen-bond acceptors (Lipinski definition) is 1. The molecule has 0 aliphatic rings. The molecule has 0 spiro atoms. The first-order chi connectivity index (χ1) is 15.0. The number of rotatable bonds is 11. The standard InChI is InChI=1S/C28H41N3/c1-6-10-11-12-13-27-24(8-3)18-19-31(27)21-23-14-16-25(17-15-23)28(29)30-26(9-4)20-22(5)7-2/h8,11-19,22,26H,6-7,9-10,20-21H2,1-5H3,(H2,29,30)/b12-11-,24-8-,27-13+. The molecule has 1 heterocycles. The highest BCUT2D eigenvalue weighted by Gasteiger charge is 2.12. The molecule has 0 fully saturated rings. The second kappa shape index (κ2) is 13.0. The van der Waals surface area contributed by atoms with E-state index in [9.17, 15) is 0 Å². The minimum absolute atomic E-state index is 0.365. The number of hydrogen-bond donors (Lipinski definition) is 2. The summed E-state index contributed by atoms with van der Waals surface area (Å²) in [7, 11) is 0. The highest BCUT2D eigenvalue weighted by Crippen LogP contribution is 2.13. The molecule has 0 aliphatic heterocycles. The maximum Gasteiger partial charge on any atom is 0.125 e. The Bertz CT molecular complexity index is 947. The molecular formula is C28H41N3. The average Bonchev–Trinajstić information content (AvgIpc) is 3.17. The Labute approximate surface area is 189 Å². The highest BCUT2D eigenvalue weighted by molar-refractivity contribution is 5.96. The van der Waals surface area contributed by atoms with E-state index < -0.39 is 0 Å². The van der Waals surface area contributed by atoms with Crippen LogP contribution in [0, 0.1) is 11.3 Å². The van der Waals surface area contributed by atoms with Crippen molar-refractivity contribution in [3.63, 3.8) is 0 Å². The highest BCUT2D eigenvalue weighted by atomic mass is 15.0. The normalized spacial score (nSPS) is 14.9. The molecule has 3 nitrogen and oxygen atoms in total. The fourth-order valence-electron chi connectivity index (χ4n) is 3.74. The van der Waals surface area contributed by atoms with Crippen LogP contribution < -0.4 is 15.9 Å². The summed E-state index contributed by atoms with van der Waals surface area (Å²) in [6, 6.07) is 11.0. The second-order valence-corrected chi connectivity index (χ2v) is 8.53. The predicted molar refractivity (Wildman–Crippen MR) is 136 cm³/mol. The minimum atomic E-state index is 0.365. The van der Waals surface area contributed by atoms with Crippen molar-refractivity contribution in [2.45, 2.75) is 79.3 Å². The maximum absolute atomic E-state index is 8.50. The Kier molecular flexibility index (Phi) is 10.4. The van der Waals surface area contributed by atoms with E-state index in [-0.39, 0.29) is 0 Å². The molecule has 1 aromatic heterocycles. The van der Waals surface area contributed by atoms with Crippen LogP contribution in [0.3, 0.4) is 0 Å². The van der Waals surface area contributed by atoms with Crippen LogP contribution in [-0.4, -0.2) is 16.4 Å². The van der Waals surface area contributed by atoms with Gasteiger partial charge in [0.05, 0.1) is 0 Å². The van der Waals surface area contributed by atoms with Gasteiger partial charge in [-0.1, -0.05) is 83.0 Å². The van der Waals surface area contributed by atoms with E-state index >= 15 is 0 Å². The van der Waals surface area contributed by atoms with Gasteiger partial charge in [-0.25, -0.2) is 0 Å². The number of amidine groups is 1. The van der Waals surface area contributed by atoms with Crippen LogP contribution in [0.15, 0.2) is 48.7 Å². The molecule has 3 heteroatoms. The first-order valence-electron chi connectivity index (χ1n) is 11.9. The summed E-state index contributed by atoms with van der Waals surface area (Å²) in [4.78, 5) is 0. The Hall–Kier alpha value is -2.55. The van der Waals surface area contributed by atoms with Gasteiger partial charge < -0.3 is 9.88 Å². The van der Waals surface area contributed by atoms with Crippen molar-refractivity contribution < 1.29 is 0 Å². The van der Waals surface area contributed by atoms with Gasteiger partial charge in [0.25, 0.3) is 0 Å². The molecule has 2 rings (SSSR count). The SMILES string of the molecule is C/C=c1/ccn(Cc2ccc(C(=N)NC(CC)CC(C)CC)cc2)/c1=C/C=C\CCC. The molecule has 2 atom stereocenters. The summed E-state index contributed by atoms with van der Waals surface area (Å²) >= 11 is 0. The third kappa shape index (κ3) is 7.57. The number of allylic oxidation sites excluding steroid dienone is 2. The largest absolute Gasteiger partial charge is 0.367 e. The molecule has 0 bridgehead atoms. The van der Waals surface area contributed by atoms with Crippen LogP contribution >= 0.6 is 0 Å². The minimum Gasteiger partial charge on any atom is -0.367 e. The number of nitrogens with zero attached hydrogens (tertiary/aromatic N) is 1. The zero-order valence-electron chi connectivity index (χ0n) is 20.1. The van der Waals surface area contributed by atoms with E-state index in [0.29, 0.717) is 17.8 Å². The molecule has 2 N–H and O–H groups in total. The summed E-state index contributed by atoms with van der Waals surface area (Å²) < 4.78 is 2.30. The zero-order valence-corrected chi connectivity index (χ0v) is 20.1. The summed E-state index contributed by atoms with van der Waals surface area (Å²) in [5.41, 5.74) is 2.20. The lowest BCUT2D eigenvalue weighted by Crippen LogP contribution is -2.35. The van der Waals surface area contributed by atoms with Gasteiger partial charge in [0.2, 0.25) is 0 Å². The van der Waals surface area contributed by atoms with Gasteiger partial charge in [-0.15, -0.1) is 0 Å². The van der Waals surface area contributed by atoms with Crippen LogP contribution in [0.4, 0.5) is 0 Å². The topological polar surface area (TPSA) is 40.8 Å². The van der Waals surface area contributed by atoms with Crippen molar-refractivity contribution in [3.8, 4) is 0 Å². The van der Waals surface area contributed by atoms with Gasteiger partial charge in [0, 0.05) is 29.7 Å². The number of benzene rings is 1. The Morgan fingerprint density at radius 1 is 1.10 bits per heavy atom. The van der Waals surface area contributed by atoms with Crippen LogP contribution in [0.25, 0.3) is 12.2 Å². The first-order valence-corrected chi connectivity index (χ1v) is 11.9. The fraction of sp³-hybridized carbons (Fsp3) is 0.464. The van der Waals surface area contributed by atoms with Gasteiger partial charge in [0.1, 0.15) is 5.84 Å². The van der Waals surface area contributed by atoms with Crippen LogP contribution in [0.5, 0.6) is 0 Å². The Balaban J connectivity index is 2.11. The van der Waals surface area contributed by atoms with Crippen molar-refractivity contribution in [3.05, 3.63) is 70.4 Å². The maximum atomic E-state index is 8.50. The molecule has 31 heavy (non-hydrogen) atoms. The van der Waals surface area contributed by atoms with Crippen molar-refractivity contribution >= 4 is 18.0 Å². The molecule has 168 valence electrons. The third-order valence-electron chi connectivity index (χ3n) is 6.02. The predicted octanol–water partition coefficient (Wildman–Crippen LogP) is 5.60. The van der Waals surface area contributed by atoms with E-state index in [4.69, 9.17) is 5.41 Å². The molecule has 0 aliphatic carbocycles. The molecule has 2 aromatic rings. The lowest BCUT2D eigenvalue weighted by atomic mass is 9.97. The lowest BCUT2D eigenvalue weighted by Gasteiger charge is -2.22. The third-order valence-corrected chi connectivity index (χ3v) is 6.02. The van der Waals surface area contributed by atoms with E-state index in [0.717, 1.165) is 31.4 Å². The molecule has 0 saturated carbocycles. The van der Waals surface area contributed by atoms with Crippen LogP contribution in [-0.2, 0) is 6.54 Å². The quantitative estimate of drug-likeness (QED) is 0.361. The van der Waals surface area contributed by atoms with E-state index in [1.165, 1.54) is 29.0 Å². The van der Waals surface area contributed by atoms with E-state index in [2.05, 4.69) is 105 Å². The molecule has 0 radical (unpaired) electrons. The van der Waals surface area contributed by atoms with Crippen molar-refractivity contribution in [2.75, 3.05) is 0 Å². The van der Waals surface area contributed by atoms with Gasteiger partial charge >= 0.3 is 0 Å². The van der Waals surface area contributed by atoms with Crippen molar-refractivity contribution in [2.24, 2.45) is 5.92 Å². The van der Waals surface area contributed by atoms with Crippen LogP contribution in [0.2, 0.25) is 0 Å². The van der Waals surface area contributed by atoms with Gasteiger partial charge in [0.15, 0.2) is 0 Å². The molecular weight excluding hydrogens is 378 g/mol. The first kappa shape index (κ1) is 24.7. The summed E-state index contributed by atoms with van der Waals surface area (Å²) in [5, 5.41) is 14.4. The summed E-state index contributed by atoms with van der Waals surface area (Å²) in [5.74, 6) is 1.21. The smallest absolute Gasteiger partial charge is 0.125 e. The fourth-order valence-corrected chi connectivity index (χ4v) is 3.74. The van der Waals surface area contributed by atoms with Gasteiger partial charge in [-0.3, -0.25) is 5.41 Å². The zero-order chi connectivity index (χ0) is 22.6. The molecule has 0 saturated heterocycles.